The van der Waals surface area contributed by atoms with Crippen LogP contribution in [0.2, 0.25) is 36.3 Å². The van der Waals surface area contributed by atoms with Gasteiger partial charge < -0.3 is 13.6 Å². The Hall–Kier alpha value is -1.37. The van der Waals surface area contributed by atoms with Crippen molar-refractivity contribution in [2.24, 2.45) is 0 Å². The molecule has 0 aromatic carbocycles. The predicted octanol–water partition coefficient (Wildman–Crippen LogP) is 5.93. The molecule has 0 spiro atoms. The first-order valence-corrected chi connectivity index (χ1v) is 15.6. The van der Waals surface area contributed by atoms with Crippen molar-refractivity contribution in [1.29, 1.82) is 5.26 Å². The molecule has 0 saturated heterocycles. The molecule has 1 unspecified atom stereocenters. The van der Waals surface area contributed by atoms with Gasteiger partial charge in [0.2, 0.25) is 8.32 Å². The zero-order valence-corrected chi connectivity index (χ0v) is 21.2. The van der Waals surface area contributed by atoms with Crippen molar-refractivity contribution in [1.82, 2.24) is 0 Å². The Morgan fingerprint density at radius 1 is 1.04 bits per heavy atom. The molecule has 0 aliphatic heterocycles. The number of carbonyl (C=O) groups is 1. The molecule has 0 N–H and O–H groups in total. The molecule has 0 radical (unpaired) electrons. The third-order valence-electron chi connectivity index (χ3n) is 5.74. The van der Waals surface area contributed by atoms with Gasteiger partial charge >= 0.3 is 5.97 Å². The van der Waals surface area contributed by atoms with E-state index in [4.69, 9.17) is 13.6 Å². The minimum Gasteiger partial charge on any atom is -0.549 e. The Morgan fingerprint density at radius 3 is 1.96 bits per heavy atom. The third-order valence-corrected chi connectivity index (χ3v) is 14.7. The molecule has 0 rings (SSSR count). The van der Waals surface area contributed by atoms with Crippen LogP contribution < -0.4 is 0 Å². The number of nitriles is 1. The molecule has 28 heavy (non-hydrogen) atoms. The second-order valence-electron chi connectivity index (χ2n) is 8.48. The van der Waals surface area contributed by atoms with E-state index in [2.05, 4.69) is 47.6 Å². The van der Waals surface area contributed by atoms with Gasteiger partial charge in [-0.2, -0.15) is 5.26 Å². The van der Waals surface area contributed by atoms with Crippen molar-refractivity contribution in [2.75, 3.05) is 6.61 Å². The van der Waals surface area contributed by atoms with Gasteiger partial charge in [0.1, 0.15) is 6.07 Å². The monoisotopic (exact) mass is 425 g/mol. The highest BCUT2D eigenvalue weighted by Crippen LogP contribution is 2.39. The van der Waals surface area contributed by atoms with Crippen LogP contribution in [0, 0.1) is 11.3 Å². The number of carbonyl (C=O) groups excluding carboxylic acids is 1. The van der Waals surface area contributed by atoms with E-state index in [0.29, 0.717) is 0 Å². The van der Waals surface area contributed by atoms with Crippen molar-refractivity contribution in [3.05, 3.63) is 24.5 Å². The average Bonchev–Trinajstić information content (AvgIpc) is 2.63. The molecule has 0 aromatic heterocycles. The summed E-state index contributed by atoms with van der Waals surface area (Å²) in [7, 11) is -4.11. The predicted molar refractivity (Wildman–Crippen MR) is 120 cm³/mol. The van der Waals surface area contributed by atoms with E-state index in [1.165, 1.54) is 6.08 Å². The summed E-state index contributed by atoms with van der Waals surface area (Å²) in [5.74, 6) is -0.674. The molecule has 0 amide bonds. The fraction of sp³-hybridized carbons (Fsp3) is 0.714. The van der Waals surface area contributed by atoms with Gasteiger partial charge in [-0.3, -0.25) is 0 Å². The maximum atomic E-state index is 12.6. The molecule has 1 atom stereocenters. The van der Waals surface area contributed by atoms with Crippen LogP contribution in [0.15, 0.2) is 24.5 Å². The molecule has 7 heteroatoms. The Morgan fingerprint density at radius 2 is 1.57 bits per heavy atom. The highest BCUT2D eigenvalue weighted by molar-refractivity contribution is 6.74. The van der Waals surface area contributed by atoms with Crippen LogP contribution in [0.25, 0.3) is 0 Å². The number of ether oxygens (including phenoxy) is 1. The number of hydrogen-bond acceptors (Lipinski definition) is 5. The van der Waals surface area contributed by atoms with Crippen LogP contribution in [0.3, 0.4) is 0 Å². The lowest BCUT2D eigenvalue weighted by molar-refractivity contribution is -0.154. The summed E-state index contributed by atoms with van der Waals surface area (Å²) >= 11 is 0. The highest BCUT2D eigenvalue weighted by Gasteiger charge is 2.49. The molecule has 0 fully saturated rings. The second kappa shape index (κ2) is 11.0. The van der Waals surface area contributed by atoms with E-state index in [-0.39, 0.29) is 11.6 Å². The van der Waals surface area contributed by atoms with Gasteiger partial charge in [-0.1, -0.05) is 47.6 Å². The van der Waals surface area contributed by atoms with E-state index >= 15 is 0 Å². The molecule has 0 bridgehead atoms. The van der Waals surface area contributed by atoms with E-state index in [1.807, 2.05) is 13.1 Å². The Kier molecular flexibility index (Phi) is 10.4. The van der Waals surface area contributed by atoms with E-state index in [1.54, 1.807) is 25.3 Å². The molecule has 5 nitrogen and oxygen atoms in total. The van der Waals surface area contributed by atoms with Crippen molar-refractivity contribution < 1.29 is 18.4 Å². The summed E-state index contributed by atoms with van der Waals surface area (Å²) in [5, 5.41) is 9.70. The van der Waals surface area contributed by atoms with Crippen molar-refractivity contribution in [2.45, 2.75) is 90.3 Å². The summed E-state index contributed by atoms with van der Waals surface area (Å²) < 4.78 is 17.4. The van der Waals surface area contributed by atoms with E-state index < -0.39 is 28.2 Å². The van der Waals surface area contributed by atoms with Gasteiger partial charge in [-0.25, -0.2) is 4.79 Å². The van der Waals surface area contributed by atoms with Gasteiger partial charge in [-0.05, 0) is 55.3 Å². The van der Waals surface area contributed by atoms with Gasteiger partial charge in [0.05, 0.1) is 12.9 Å². The summed E-state index contributed by atoms with van der Waals surface area (Å²) in [5.41, 5.74) is -1.75. The molecule has 0 aliphatic carbocycles. The lowest BCUT2D eigenvalue weighted by atomic mass is 10.1. The van der Waals surface area contributed by atoms with Crippen molar-refractivity contribution >= 4 is 22.6 Å². The molecular weight excluding hydrogens is 386 g/mol. The SMILES string of the molecule is CCOC(=O)C(C#N)(/C=C/C=C\O[Si](CC)(CC)CC)O[Si](C)(C)C(C)(C)C. The fourth-order valence-electron chi connectivity index (χ4n) is 2.46. The summed E-state index contributed by atoms with van der Waals surface area (Å²) in [6, 6.07) is 5.20. The van der Waals surface area contributed by atoms with E-state index in [9.17, 15) is 10.1 Å². The van der Waals surface area contributed by atoms with Gasteiger partial charge in [0.25, 0.3) is 5.60 Å². The lowest BCUT2D eigenvalue weighted by Crippen LogP contribution is -2.52. The van der Waals surface area contributed by atoms with Crippen LogP contribution in [-0.4, -0.2) is 34.8 Å². The van der Waals surface area contributed by atoms with Crippen LogP contribution in [0.1, 0.15) is 48.5 Å². The smallest absolute Gasteiger partial charge is 0.356 e. The van der Waals surface area contributed by atoms with Crippen LogP contribution in [0.4, 0.5) is 0 Å². The number of hydrogen-bond donors (Lipinski definition) is 0. The quantitative estimate of drug-likeness (QED) is 0.178. The maximum absolute atomic E-state index is 12.6. The van der Waals surface area contributed by atoms with Gasteiger partial charge in [0.15, 0.2) is 8.32 Å². The summed E-state index contributed by atoms with van der Waals surface area (Å²) in [4.78, 5) is 12.6. The van der Waals surface area contributed by atoms with Crippen LogP contribution >= 0.6 is 0 Å². The van der Waals surface area contributed by atoms with Crippen LogP contribution in [0.5, 0.6) is 0 Å². The highest BCUT2D eigenvalue weighted by atomic mass is 28.4. The average molecular weight is 426 g/mol. The second-order valence-corrected chi connectivity index (χ2v) is 17.9. The minimum absolute atomic E-state index is 0.150. The third kappa shape index (κ3) is 6.91. The van der Waals surface area contributed by atoms with Crippen molar-refractivity contribution in [3.63, 3.8) is 0 Å². The number of rotatable bonds is 11. The van der Waals surface area contributed by atoms with Gasteiger partial charge in [0, 0.05) is 0 Å². The largest absolute Gasteiger partial charge is 0.549 e. The lowest BCUT2D eigenvalue weighted by Gasteiger charge is -2.40. The standard InChI is InChI=1S/C21H39NO4Si2/c1-10-24-19(23)21(18-22,26-27(8,9)20(5,6)7)16-14-15-17-25-28(11-2,12-3)13-4/h14-17H,10-13H2,1-9H3/b16-14+,17-15-. The topological polar surface area (TPSA) is 68.6 Å². The maximum Gasteiger partial charge on any atom is 0.356 e. The number of nitrogens with zero attached hydrogens (tertiary/aromatic N) is 1. The Labute approximate surface area is 174 Å². The number of esters is 1. The molecular formula is C21H39NO4Si2. The first-order valence-electron chi connectivity index (χ1n) is 10.2. The van der Waals surface area contributed by atoms with E-state index in [0.717, 1.165) is 18.1 Å². The molecule has 0 aromatic rings. The first-order chi connectivity index (χ1) is 12.9. The van der Waals surface area contributed by atoms with Crippen LogP contribution in [-0.2, 0) is 18.4 Å². The fourth-order valence-corrected chi connectivity index (χ4v) is 6.14. The summed E-state index contributed by atoms with van der Waals surface area (Å²) in [6.07, 6.45) is 6.54. The molecule has 160 valence electrons. The zero-order valence-electron chi connectivity index (χ0n) is 19.2. The number of allylic oxidation sites excluding steroid dienone is 2. The normalized spacial score (nSPS) is 15.4. The Balaban J connectivity index is 5.67. The molecule has 0 aliphatic rings. The van der Waals surface area contributed by atoms with Gasteiger partial charge in [-0.15, -0.1) is 0 Å². The molecule has 0 saturated carbocycles. The Bertz CT molecular complexity index is 590. The summed E-state index contributed by atoms with van der Waals surface area (Å²) in [6.45, 7) is 18.6. The first kappa shape index (κ1) is 26.6. The van der Waals surface area contributed by atoms with Crippen molar-refractivity contribution in [3.8, 4) is 6.07 Å². The minimum atomic E-state index is -2.39. The molecule has 0 heterocycles. The zero-order chi connectivity index (χ0) is 22.1.